The van der Waals surface area contributed by atoms with Crippen LogP contribution < -0.4 is 0 Å². The summed E-state index contributed by atoms with van der Waals surface area (Å²) in [6, 6.07) is 0. The summed E-state index contributed by atoms with van der Waals surface area (Å²) >= 11 is 0. The van der Waals surface area contributed by atoms with Crippen LogP contribution >= 0.6 is 0 Å². The van der Waals surface area contributed by atoms with Gasteiger partial charge in [-0.25, -0.2) is 0 Å². The van der Waals surface area contributed by atoms with Crippen LogP contribution in [0.1, 0.15) is 97.3 Å². The Kier molecular flexibility index (Phi) is 9.09. The molecule has 0 spiro atoms. The molecule has 2 aliphatic carbocycles. The molecule has 0 nitrogen and oxygen atoms in total. The first-order valence-electron chi connectivity index (χ1n) is 10.6. The number of hydrogen-bond acceptors (Lipinski definition) is 0. The smallest absolute Gasteiger partial charge is 0.0233 e. The molecule has 2 fully saturated rings. The predicted octanol–water partition coefficient (Wildman–Crippen LogP) is 7.70. The summed E-state index contributed by atoms with van der Waals surface area (Å²) in [6.07, 6.45) is 28.4. The monoisotopic (exact) mass is 316 g/mol. The highest BCUT2D eigenvalue weighted by Gasteiger charge is 2.20. The summed E-state index contributed by atoms with van der Waals surface area (Å²) in [5.41, 5.74) is 0. The van der Waals surface area contributed by atoms with Crippen LogP contribution in [-0.4, -0.2) is 0 Å². The number of allylic oxidation sites excluding steroid dienone is 4. The van der Waals surface area contributed by atoms with Crippen molar-refractivity contribution in [2.45, 2.75) is 97.3 Å². The third-order valence-corrected chi connectivity index (χ3v) is 6.56. The normalized spacial score (nSPS) is 32.8. The third-order valence-electron chi connectivity index (χ3n) is 6.56. The summed E-state index contributed by atoms with van der Waals surface area (Å²) in [7, 11) is 0. The Morgan fingerprint density at radius 1 is 0.696 bits per heavy atom. The molecule has 0 aromatic heterocycles. The van der Waals surface area contributed by atoms with E-state index in [1.165, 1.54) is 83.5 Å². The molecule has 0 radical (unpaired) electrons. The molecular weight excluding hydrogens is 276 g/mol. The molecule has 0 heterocycles. The van der Waals surface area contributed by atoms with Gasteiger partial charge in [0.2, 0.25) is 0 Å². The summed E-state index contributed by atoms with van der Waals surface area (Å²) in [5, 5.41) is 0. The molecule has 23 heavy (non-hydrogen) atoms. The molecule has 0 atom stereocenters. The van der Waals surface area contributed by atoms with Gasteiger partial charge in [0.05, 0.1) is 0 Å². The molecule has 0 aromatic carbocycles. The van der Waals surface area contributed by atoms with Crippen LogP contribution in [0.25, 0.3) is 0 Å². The van der Waals surface area contributed by atoms with E-state index in [1.54, 1.807) is 0 Å². The highest BCUT2D eigenvalue weighted by molar-refractivity contribution is 4.91. The van der Waals surface area contributed by atoms with Crippen molar-refractivity contribution in [1.29, 1.82) is 0 Å². The highest BCUT2D eigenvalue weighted by Crippen LogP contribution is 2.34. The fraction of sp³-hybridized carbons (Fsp3) is 0.826. The van der Waals surface area contributed by atoms with Crippen molar-refractivity contribution in [2.24, 2.45) is 23.7 Å². The maximum Gasteiger partial charge on any atom is -0.0233 e. The van der Waals surface area contributed by atoms with Gasteiger partial charge in [0.25, 0.3) is 0 Å². The number of hydrogen-bond donors (Lipinski definition) is 0. The van der Waals surface area contributed by atoms with E-state index in [2.05, 4.69) is 38.2 Å². The van der Waals surface area contributed by atoms with Crippen LogP contribution in [0.4, 0.5) is 0 Å². The van der Waals surface area contributed by atoms with E-state index in [1.807, 2.05) is 0 Å². The predicted molar refractivity (Wildman–Crippen MR) is 104 cm³/mol. The largest absolute Gasteiger partial charge is 0.0917 e. The van der Waals surface area contributed by atoms with Crippen molar-refractivity contribution in [3.05, 3.63) is 24.3 Å². The third kappa shape index (κ3) is 7.27. The Hall–Kier alpha value is -0.520. The summed E-state index contributed by atoms with van der Waals surface area (Å²) in [4.78, 5) is 0. The lowest BCUT2D eigenvalue weighted by Gasteiger charge is -2.28. The van der Waals surface area contributed by atoms with Gasteiger partial charge in [-0.05, 0) is 82.0 Å². The van der Waals surface area contributed by atoms with Crippen molar-refractivity contribution in [3.63, 3.8) is 0 Å². The van der Waals surface area contributed by atoms with E-state index >= 15 is 0 Å². The van der Waals surface area contributed by atoms with Crippen LogP contribution in [0, 0.1) is 23.7 Å². The molecule has 2 aliphatic rings. The minimum Gasteiger partial charge on any atom is -0.0917 e. The molecule has 2 saturated carbocycles. The summed E-state index contributed by atoms with van der Waals surface area (Å²) < 4.78 is 0. The zero-order valence-electron chi connectivity index (χ0n) is 15.8. The second kappa shape index (κ2) is 11.1. The lowest BCUT2D eigenvalue weighted by Crippen LogP contribution is -2.14. The molecule has 2 rings (SSSR count). The Labute approximate surface area is 145 Å². The molecular formula is C23H40. The van der Waals surface area contributed by atoms with E-state index < -0.39 is 0 Å². The Balaban J connectivity index is 1.53. The fourth-order valence-corrected chi connectivity index (χ4v) is 4.72. The molecule has 132 valence electrons. The first-order chi connectivity index (χ1) is 11.3. The first-order valence-corrected chi connectivity index (χ1v) is 10.6. The number of rotatable bonds is 8. The van der Waals surface area contributed by atoms with Gasteiger partial charge < -0.3 is 0 Å². The van der Waals surface area contributed by atoms with E-state index in [4.69, 9.17) is 0 Å². The quantitative estimate of drug-likeness (QED) is 0.402. The average Bonchev–Trinajstić information content (AvgIpc) is 2.61. The van der Waals surface area contributed by atoms with Crippen LogP contribution in [0.15, 0.2) is 24.3 Å². The van der Waals surface area contributed by atoms with Crippen LogP contribution in [0.5, 0.6) is 0 Å². The lowest BCUT2D eigenvalue weighted by atomic mass is 9.78. The van der Waals surface area contributed by atoms with E-state index in [9.17, 15) is 0 Å². The molecule has 0 N–H and O–H groups in total. The van der Waals surface area contributed by atoms with Gasteiger partial charge in [-0.1, -0.05) is 63.3 Å². The molecule has 0 saturated heterocycles. The van der Waals surface area contributed by atoms with Crippen molar-refractivity contribution < 1.29 is 0 Å². The molecule has 0 bridgehead atoms. The maximum absolute atomic E-state index is 2.56. The van der Waals surface area contributed by atoms with Crippen LogP contribution in [-0.2, 0) is 0 Å². The van der Waals surface area contributed by atoms with Gasteiger partial charge in [-0.2, -0.15) is 0 Å². The lowest BCUT2D eigenvalue weighted by molar-refractivity contribution is 0.255. The molecule has 0 aliphatic heterocycles. The van der Waals surface area contributed by atoms with Crippen LogP contribution in [0.2, 0.25) is 0 Å². The Morgan fingerprint density at radius 3 is 1.74 bits per heavy atom. The minimum atomic E-state index is 0.903. The molecule has 0 aromatic rings. The van der Waals surface area contributed by atoms with Crippen molar-refractivity contribution >= 4 is 0 Å². The molecule has 0 unspecified atom stereocenters. The summed E-state index contributed by atoms with van der Waals surface area (Å²) in [6.45, 7) is 4.50. The maximum atomic E-state index is 2.56. The first kappa shape index (κ1) is 18.8. The van der Waals surface area contributed by atoms with Gasteiger partial charge in [-0.15, -0.1) is 0 Å². The fourth-order valence-electron chi connectivity index (χ4n) is 4.72. The average molecular weight is 317 g/mol. The topological polar surface area (TPSA) is 0 Å². The van der Waals surface area contributed by atoms with Crippen molar-refractivity contribution in [1.82, 2.24) is 0 Å². The van der Waals surface area contributed by atoms with Crippen molar-refractivity contribution in [2.75, 3.05) is 0 Å². The Morgan fingerprint density at radius 2 is 1.22 bits per heavy atom. The van der Waals surface area contributed by atoms with E-state index in [0.717, 1.165) is 23.7 Å². The standard InChI is InChI=1S/C23H40/c1-3-5-6-9-21-16-18-23(19-17-21)11-8-7-10-22-14-12-20(4-2)13-15-22/h3,5,7,10,20-23H,4,6,8-9,11-19H2,1-2H3/b5-3+,10-7+. The highest BCUT2D eigenvalue weighted by atomic mass is 14.3. The van der Waals surface area contributed by atoms with Gasteiger partial charge in [0.15, 0.2) is 0 Å². The second-order valence-corrected chi connectivity index (χ2v) is 8.23. The second-order valence-electron chi connectivity index (χ2n) is 8.23. The van der Waals surface area contributed by atoms with Crippen molar-refractivity contribution in [3.8, 4) is 0 Å². The zero-order chi connectivity index (χ0) is 16.3. The molecule has 0 heteroatoms. The molecule has 0 amide bonds. The zero-order valence-corrected chi connectivity index (χ0v) is 15.8. The SMILES string of the molecule is C/C=C/CCC1CCC(CC/C=C/C2CCC(CC)CC2)CC1. The summed E-state index contributed by atoms with van der Waals surface area (Å²) in [5.74, 6) is 3.97. The minimum absolute atomic E-state index is 0.903. The Bertz CT molecular complexity index is 335. The van der Waals surface area contributed by atoms with E-state index in [-0.39, 0.29) is 0 Å². The van der Waals surface area contributed by atoms with Crippen LogP contribution in [0.3, 0.4) is 0 Å². The van der Waals surface area contributed by atoms with Gasteiger partial charge in [-0.3, -0.25) is 0 Å². The van der Waals surface area contributed by atoms with Gasteiger partial charge >= 0.3 is 0 Å². The van der Waals surface area contributed by atoms with Gasteiger partial charge in [0, 0.05) is 0 Å². The van der Waals surface area contributed by atoms with Gasteiger partial charge in [0.1, 0.15) is 0 Å². The van der Waals surface area contributed by atoms with E-state index in [0.29, 0.717) is 0 Å².